The van der Waals surface area contributed by atoms with Gasteiger partial charge in [-0.3, -0.25) is 0 Å². The van der Waals surface area contributed by atoms with Crippen LogP contribution in [0.15, 0.2) is 18.2 Å². The number of benzene rings is 1. The summed E-state index contributed by atoms with van der Waals surface area (Å²) in [7, 11) is 1.31. The van der Waals surface area contributed by atoms with E-state index in [1.54, 1.807) is 6.07 Å². The second-order valence-corrected chi connectivity index (χ2v) is 5.16. The van der Waals surface area contributed by atoms with Gasteiger partial charge in [0.15, 0.2) is 0 Å². The molecule has 2 rings (SSSR count). The summed E-state index contributed by atoms with van der Waals surface area (Å²) in [4.78, 5) is 13.9. The average molecular weight is 295 g/mol. The lowest BCUT2D eigenvalue weighted by Crippen LogP contribution is -2.44. The van der Waals surface area contributed by atoms with Gasteiger partial charge < -0.3 is 20.7 Å². The van der Waals surface area contributed by atoms with Gasteiger partial charge in [0.05, 0.1) is 18.4 Å². The number of carbonyl (C=O) groups is 1. The van der Waals surface area contributed by atoms with Crippen molar-refractivity contribution in [1.29, 1.82) is 0 Å². The molecule has 0 aromatic heterocycles. The molecule has 21 heavy (non-hydrogen) atoms. The number of ether oxygens (including phenoxy) is 1. The Morgan fingerprint density at radius 2 is 2.19 bits per heavy atom. The highest BCUT2D eigenvalue weighted by atomic mass is 19.1. The van der Waals surface area contributed by atoms with Gasteiger partial charge in [-0.15, -0.1) is 0 Å². The van der Waals surface area contributed by atoms with Crippen LogP contribution in [0.5, 0.6) is 0 Å². The normalized spacial score (nSPS) is 16.0. The highest BCUT2D eigenvalue weighted by Gasteiger charge is 2.23. The number of halogens is 1. The predicted molar refractivity (Wildman–Crippen MR) is 80.0 cm³/mol. The van der Waals surface area contributed by atoms with Crippen molar-refractivity contribution in [3.8, 4) is 0 Å². The Balaban J connectivity index is 2.08. The number of anilines is 1. The molecule has 1 aliphatic heterocycles. The third-order valence-electron chi connectivity index (χ3n) is 3.78. The standard InChI is InChI=1S/C15H22FN3O2/c1-21-15(20)13-10-11(16)2-3-14(13)19-8-4-12(5-9-19)18-7-6-17/h2-3,10,12,18H,4-9,17H2,1H3. The second kappa shape index (κ2) is 7.38. The molecule has 0 unspecified atom stereocenters. The maximum absolute atomic E-state index is 13.4. The molecular weight excluding hydrogens is 273 g/mol. The molecule has 0 bridgehead atoms. The van der Waals surface area contributed by atoms with Crippen LogP contribution in [0.25, 0.3) is 0 Å². The fourth-order valence-corrected chi connectivity index (χ4v) is 2.67. The van der Waals surface area contributed by atoms with Crippen LogP contribution >= 0.6 is 0 Å². The minimum atomic E-state index is -0.507. The van der Waals surface area contributed by atoms with E-state index in [9.17, 15) is 9.18 Å². The minimum absolute atomic E-state index is 0.283. The van der Waals surface area contributed by atoms with E-state index in [0.717, 1.165) is 38.2 Å². The van der Waals surface area contributed by atoms with Crippen molar-refractivity contribution in [1.82, 2.24) is 5.32 Å². The molecule has 0 atom stereocenters. The molecule has 6 heteroatoms. The third kappa shape index (κ3) is 3.92. The number of rotatable bonds is 5. The van der Waals surface area contributed by atoms with E-state index in [4.69, 9.17) is 10.5 Å². The van der Waals surface area contributed by atoms with E-state index in [-0.39, 0.29) is 5.56 Å². The van der Waals surface area contributed by atoms with Crippen LogP contribution < -0.4 is 16.0 Å². The van der Waals surface area contributed by atoms with Crippen molar-refractivity contribution in [2.45, 2.75) is 18.9 Å². The van der Waals surface area contributed by atoms with Gasteiger partial charge in [0.2, 0.25) is 0 Å². The van der Waals surface area contributed by atoms with Crippen molar-refractivity contribution >= 4 is 11.7 Å². The summed E-state index contributed by atoms with van der Waals surface area (Å²) in [6.07, 6.45) is 1.94. The maximum atomic E-state index is 13.4. The molecule has 0 radical (unpaired) electrons. The topological polar surface area (TPSA) is 67.6 Å². The summed E-state index contributed by atoms with van der Waals surface area (Å²) < 4.78 is 18.1. The number of carbonyl (C=O) groups excluding carboxylic acids is 1. The number of nitrogens with two attached hydrogens (primary N) is 1. The molecule has 3 N–H and O–H groups in total. The first-order valence-corrected chi connectivity index (χ1v) is 7.22. The minimum Gasteiger partial charge on any atom is -0.465 e. The molecule has 0 saturated carbocycles. The van der Waals surface area contributed by atoms with Crippen molar-refractivity contribution in [3.63, 3.8) is 0 Å². The molecule has 1 aliphatic rings. The Hall–Kier alpha value is -1.66. The molecule has 1 fully saturated rings. The van der Waals surface area contributed by atoms with Crippen LogP contribution in [-0.4, -0.2) is 45.3 Å². The molecule has 0 spiro atoms. The number of piperidine rings is 1. The Morgan fingerprint density at radius 3 is 2.81 bits per heavy atom. The zero-order chi connectivity index (χ0) is 15.2. The first kappa shape index (κ1) is 15.7. The second-order valence-electron chi connectivity index (χ2n) is 5.16. The Kier molecular flexibility index (Phi) is 5.52. The number of hydrogen-bond donors (Lipinski definition) is 2. The number of esters is 1. The van der Waals surface area contributed by atoms with E-state index in [0.29, 0.717) is 12.6 Å². The summed E-state index contributed by atoms with van der Waals surface area (Å²) in [5.41, 5.74) is 6.51. The molecule has 1 aromatic rings. The van der Waals surface area contributed by atoms with Gasteiger partial charge in [0.25, 0.3) is 0 Å². The predicted octanol–water partition coefficient (Wildman–Crippen LogP) is 1.13. The summed E-state index contributed by atoms with van der Waals surface area (Å²) in [5, 5.41) is 3.40. The van der Waals surface area contributed by atoms with E-state index in [2.05, 4.69) is 10.2 Å². The van der Waals surface area contributed by atoms with E-state index in [1.807, 2.05) is 0 Å². The van der Waals surface area contributed by atoms with Gasteiger partial charge in [-0.05, 0) is 31.0 Å². The lowest BCUT2D eigenvalue weighted by molar-refractivity contribution is 0.0601. The van der Waals surface area contributed by atoms with Crippen molar-refractivity contribution in [2.75, 3.05) is 38.2 Å². The summed E-state index contributed by atoms with van der Waals surface area (Å²) in [5.74, 6) is -0.938. The molecule has 1 saturated heterocycles. The van der Waals surface area contributed by atoms with Crippen LogP contribution in [0, 0.1) is 5.82 Å². The van der Waals surface area contributed by atoms with Crippen LogP contribution in [0.3, 0.4) is 0 Å². The molecule has 0 aliphatic carbocycles. The third-order valence-corrected chi connectivity index (χ3v) is 3.78. The van der Waals surface area contributed by atoms with Gasteiger partial charge in [-0.1, -0.05) is 0 Å². The summed E-state index contributed by atoms with van der Waals surface area (Å²) >= 11 is 0. The van der Waals surface area contributed by atoms with Crippen molar-refractivity contribution in [2.24, 2.45) is 5.73 Å². The lowest BCUT2D eigenvalue weighted by Gasteiger charge is -2.34. The van der Waals surface area contributed by atoms with E-state index >= 15 is 0 Å². The van der Waals surface area contributed by atoms with E-state index in [1.165, 1.54) is 19.2 Å². The molecule has 116 valence electrons. The monoisotopic (exact) mass is 295 g/mol. The maximum Gasteiger partial charge on any atom is 0.340 e. The first-order chi connectivity index (χ1) is 10.2. The van der Waals surface area contributed by atoms with Gasteiger partial charge in [0.1, 0.15) is 5.82 Å². The van der Waals surface area contributed by atoms with Crippen LogP contribution in [0.1, 0.15) is 23.2 Å². The highest BCUT2D eigenvalue weighted by molar-refractivity contribution is 5.95. The first-order valence-electron chi connectivity index (χ1n) is 7.22. The number of nitrogens with zero attached hydrogens (tertiary/aromatic N) is 1. The molecule has 1 aromatic carbocycles. The van der Waals surface area contributed by atoms with Gasteiger partial charge in [0, 0.05) is 32.2 Å². The Morgan fingerprint density at radius 1 is 1.48 bits per heavy atom. The smallest absolute Gasteiger partial charge is 0.340 e. The van der Waals surface area contributed by atoms with Crippen molar-refractivity contribution in [3.05, 3.63) is 29.6 Å². The van der Waals surface area contributed by atoms with Crippen LogP contribution in [0.2, 0.25) is 0 Å². The fraction of sp³-hybridized carbons (Fsp3) is 0.533. The quantitative estimate of drug-likeness (QED) is 0.797. The highest BCUT2D eigenvalue weighted by Crippen LogP contribution is 2.25. The lowest BCUT2D eigenvalue weighted by atomic mass is 10.0. The van der Waals surface area contributed by atoms with Crippen LogP contribution in [-0.2, 0) is 4.74 Å². The number of hydrogen-bond acceptors (Lipinski definition) is 5. The molecular formula is C15H22FN3O2. The summed E-state index contributed by atoms with van der Waals surface area (Å²) in [6, 6.07) is 4.71. The average Bonchev–Trinajstić information content (AvgIpc) is 2.52. The number of nitrogens with one attached hydrogen (secondary N) is 1. The summed E-state index contributed by atoms with van der Waals surface area (Å²) in [6.45, 7) is 3.08. The zero-order valence-corrected chi connectivity index (χ0v) is 12.3. The molecule has 5 nitrogen and oxygen atoms in total. The van der Waals surface area contributed by atoms with Gasteiger partial charge >= 0.3 is 5.97 Å². The van der Waals surface area contributed by atoms with Crippen LogP contribution in [0.4, 0.5) is 10.1 Å². The van der Waals surface area contributed by atoms with Gasteiger partial charge in [-0.2, -0.15) is 0 Å². The zero-order valence-electron chi connectivity index (χ0n) is 12.3. The van der Waals surface area contributed by atoms with Gasteiger partial charge in [-0.25, -0.2) is 9.18 Å². The fourth-order valence-electron chi connectivity index (χ4n) is 2.67. The SMILES string of the molecule is COC(=O)c1cc(F)ccc1N1CCC(NCCN)CC1. The molecule has 1 heterocycles. The Bertz CT molecular complexity index is 488. The molecule has 0 amide bonds. The van der Waals surface area contributed by atoms with E-state index < -0.39 is 11.8 Å². The Labute approximate surface area is 124 Å². The number of methoxy groups -OCH3 is 1. The van der Waals surface area contributed by atoms with Crippen molar-refractivity contribution < 1.29 is 13.9 Å². The largest absolute Gasteiger partial charge is 0.465 e.